The lowest BCUT2D eigenvalue weighted by Gasteiger charge is -2.05. The zero-order valence-corrected chi connectivity index (χ0v) is 15.0. The number of fused-ring (bicyclic) bond motifs is 1. The molecule has 1 aromatic carbocycles. The van der Waals surface area contributed by atoms with Gasteiger partial charge in [-0.3, -0.25) is 4.79 Å². The number of aromatic nitrogens is 2. The second-order valence-electron chi connectivity index (χ2n) is 5.13. The molecule has 0 fully saturated rings. The average molecular weight is 378 g/mol. The van der Waals surface area contributed by atoms with Crippen LogP contribution in [-0.4, -0.2) is 28.4 Å². The number of hydrogen-bond acceptors (Lipinski definition) is 5. The van der Waals surface area contributed by atoms with Gasteiger partial charge in [0, 0.05) is 16.8 Å². The highest BCUT2D eigenvalue weighted by molar-refractivity contribution is 7.99. The molecule has 2 N–H and O–H groups in total. The van der Waals surface area contributed by atoms with E-state index in [4.69, 9.17) is 21.1 Å². The van der Waals surface area contributed by atoms with Crippen LogP contribution in [0.25, 0.3) is 12.7 Å². The summed E-state index contributed by atoms with van der Waals surface area (Å²) in [7, 11) is 0. The smallest absolute Gasteiger partial charge is 0.234 e. The van der Waals surface area contributed by atoms with Crippen molar-refractivity contribution in [1.82, 2.24) is 9.97 Å². The van der Waals surface area contributed by atoms with E-state index in [1.165, 1.54) is 11.8 Å². The molecule has 2 heterocycles. The first-order valence-corrected chi connectivity index (χ1v) is 8.82. The van der Waals surface area contributed by atoms with Crippen LogP contribution in [0.1, 0.15) is 6.92 Å². The van der Waals surface area contributed by atoms with Crippen molar-refractivity contribution in [2.24, 2.45) is 0 Å². The predicted octanol–water partition coefficient (Wildman–Crippen LogP) is 2.20. The molecule has 0 bridgehead atoms. The number of amides is 1. The maximum Gasteiger partial charge on any atom is 0.234 e. The van der Waals surface area contributed by atoms with E-state index in [-0.39, 0.29) is 18.5 Å². The van der Waals surface area contributed by atoms with Crippen molar-refractivity contribution in [2.75, 3.05) is 17.9 Å². The monoisotopic (exact) mass is 377 g/mol. The number of thioether (sulfide) groups is 1. The minimum atomic E-state index is -0.150. The second-order valence-corrected chi connectivity index (χ2v) is 6.53. The summed E-state index contributed by atoms with van der Waals surface area (Å²) in [5.41, 5.74) is 0.654. The number of ether oxygens (including phenoxy) is 2. The molecule has 1 aliphatic rings. The number of carbonyl (C=O) groups is 1. The molecule has 0 aliphatic carbocycles. The molecule has 0 saturated carbocycles. The van der Waals surface area contributed by atoms with Gasteiger partial charge in [-0.05, 0) is 25.1 Å². The van der Waals surface area contributed by atoms with Crippen LogP contribution in [0.2, 0.25) is 0 Å². The number of H-pyrrole nitrogens is 1. The Hall–Kier alpha value is -2.38. The fourth-order valence-corrected chi connectivity index (χ4v) is 2.91. The summed E-state index contributed by atoms with van der Waals surface area (Å²) in [5.74, 6) is 1.36. The molecule has 0 unspecified atom stereocenters. The third-order valence-electron chi connectivity index (χ3n) is 3.34. The number of carbonyl (C=O) groups excluding carboxylic acids is 1. The molecule has 1 aromatic heterocycles. The van der Waals surface area contributed by atoms with Gasteiger partial charge >= 0.3 is 0 Å². The molecule has 3 rings (SSSR count). The second kappa shape index (κ2) is 7.67. The third-order valence-corrected chi connectivity index (χ3v) is 4.54. The molecule has 6 nitrogen and oxygen atoms in total. The number of hydrogen-bond donors (Lipinski definition) is 2. The molecule has 8 heteroatoms. The summed E-state index contributed by atoms with van der Waals surface area (Å²) in [5, 5.41) is 5.31. The molecule has 130 valence electrons. The Bertz CT molecular complexity index is 939. The van der Waals surface area contributed by atoms with E-state index in [2.05, 4.69) is 21.9 Å². The maximum atomic E-state index is 12.1. The number of anilines is 1. The molecule has 0 radical (unpaired) electrons. The molecule has 0 spiro atoms. The molecular weight excluding hydrogens is 362 g/mol. The highest BCUT2D eigenvalue weighted by Gasteiger charge is 2.14. The van der Waals surface area contributed by atoms with Crippen molar-refractivity contribution >= 4 is 47.6 Å². The van der Waals surface area contributed by atoms with Crippen LogP contribution in [0.4, 0.5) is 5.69 Å². The van der Waals surface area contributed by atoms with Crippen molar-refractivity contribution in [1.29, 1.82) is 0 Å². The van der Waals surface area contributed by atoms with Crippen LogP contribution in [0.3, 0.4) is 0 Å². The van der Waals surface area contributed by atoms with E-state index in [1.54, 1.807) is 30.4 Å². The SMILES string of the molecule is C=c1[nH]c(SCC(=O)Nc2ccc3c(c2)OCO3)n/c1=C/C(Cl)=C\C. The number of rotatable bonds is 5. The topological polar surface area (TPSA) is 76.2 Å². The van der Waals surface area contributed by atoms with Crippen LogP contribution in [-0.2, 0) is 4.79 Å². The van der Waals surface area contributed by atoms with E-state index in [0.717, 1.165) is 0 Å². The minimum absolute atomic E-state index is 0.150. The van der Waals surface area contributed by atoms with Gasteiger partial charge in [0.2, 0.25) is 12.7 Å². The summed E-state index contributed by atoms with van der Waals surface area (Å²) >= 11 is 7.26. The molecule has 0 saturated heterocycles. The van der Waals surface area contributed by atoms with Gasteiger partial charge in [-0.15, -0.1) is 0 Å². The van der Waals surface area contributed by atoms with Gasteiger partial charge in [-0.25, -0.2) is 4.98 Å². The lowest BCUT2D eigenvalue weighted by Crippen LogP contribution is -2.22. The third kappa shape index (κ3) is 4.37. The Kier molecular flexibility index (Phi) is 5.35. The van der Waals surface area contributed by atoms with Crippen molar-refractivity contribution < 1.29 is 14.3 Å². The Morgan fingerprint density at radius 1 is 1.48 bits per heavy atom. The summed E-state index contributed by atoms with van der Waals surface area (Å²) < 4.78 is 10.5. The maximum absolute atomic E-state index is 12.1. The summed E-state index contributed by atoms with van der Waals surface area (Å²) in [6.45, 7) is 5.92. The van der Waals surface area contributed by atoms with Gasteiger partial charge in [0.1, 0.15) is 0 Å². The van der Waals surface area contributed by atoms with Gasteiger partial charge < -0.3 is 19.8 Å². The largest absolute Gasteiger partial charge is 0.454 e. The Morgan fingerprint density at radius 3 is 3.08 bits per heavy atom. The zero-order valence-electron chi connectivity index (χ0n) is 13.5. The highest BCUT2D eigenvalue weighted by Crippen LogP contribution is 2.34. The van der Waals surface area contributed by atoms with Gasteiger partial charge in [0.25, 0.3) is 0 Å². The molecular formula is C17H16ClN3O3S. The van der Waals surface area contributed by atoms with Crippen LogP contribution in [0.5, 0.6) is 11.5 Å². The van der Waals surface area contributed by atoms with E-state index >= 15 is 0 Å². The van der Waals surface area contributed by atoms with Crippen molar-refractivity contribution in [3.05, 3.63) is 40.0 Å². The number of allylic oxidation sites excluding steroid dienone is 2. The number of nitrogens with zero attached hydrogens (tertiary/aromatic N) is 1. The van der Waals surface area contributed by atoms with E-state index in [0.29, 0.717) is 38.1 Å². The minimum Gasteiger partial charge on any atom is -0.454 e. The fraction of sp³-hybridized carbons (Fsp3) is 0.176. The number of aromatic amines is 1. The van der Waals surface area contributed by atoms with Crippen LogP contribution >= 0.6 is 23.4 Å². The molecule has 1 amide bonds. The highest BCUT2D eigenvalue weighted by atomic mass is 35.5. The first-order chi connectivity index (χ1) is 12.0. The van der Waals surface area contributed by atoms with E-state index < -0.39 is 0 Å². The fourth-order valence-electron chi connectivity index (χ4n) is 2.10. The average Bonchev–Trinajstić information content (AvgIpc) is 3.19. The van der Waals surface area contributed by atoms with Gasteiger partial charge in [-0.2, -0.15) is 0 Å². The van der Waals surface area contributed by atoms with Gasteiger partial charge in [0.05, 0.1) is 16.5 Å². The van der Waals surface area contributed by atoms with Crippen LogP contribution in [0, 0.1) is 0 Å². The first-order valence-electron chi connectivity index (χ1n) is 7.46. The van der Waals surface area contributed by atoms with E-state index in [9.17, 15) is 4.79 Å². The molecule has 2 aromatic rings. The standard InChI is InChI=1S/C17H16ClN3O3S/c1-3-11(18)6-13-10(2)19-17(21-13)25-8-16(22)20-12-4-5-14-15(7-12)24-9-23-14/h3-7H,2,8-9H2,1H3,(H,19,21)(H,20,22)/b11-3+,13-6+. The summed E-state index contributed by atoms with van der Waals surface area (Å²) in [6.07, 6.45) is 3.48. The Balaban J connectivity index is 1.60. The van der Waals surface area contributed by atoms with Crippen LogP contribution in [0.15, 0.2) is 34.5 Å². The molecule has 0 atom stereocenters. The van der Waals surface area contributed by atoms with Crippen molar-refractivity contribution in [2.45, 2.75) is 12.1 Å². The molecule has 1 aliphatic heterocycles. The summed E-state index contributed by atoms with van der Waals surface area (Å²) in [4.78, 5) is 19.5. The predicted molar refractivity (Wildman–Crippen MR) is 99.4 cm³/mol. The van der Waals surface area contributed by atoms with Crippen molar-refractivity contribution in [3.8, 4) is 11.5 Å². The van der Waals surface area contributed by atoms with E-state index in [1.807, 2.05) is 6.92 Å². The molecule has 25 heavy (non-hydrogen) atoms. The first kappa shape index (κ1) is 17.4. The van der Waals surface area contributed by atoms with Gasteiger partial charge in [-0.1, -0.05) is 36.0 Å². The van der Waals surface area contributed by atoms with Crippen molar-refractivity contribution in [3.63, 3.8) is 0 Å². The quantitative estimate of drug-likeness (QED) is 0.781. The number of halogens is 1. The normalized spacial score (nSPS) is 14.0. The Morgan fingerprint density at radius 2 is 2.28 bits per heavy atom. The lowest BCUT2D eigenvalue weighted by molar-refractivity contribution is -0.113. The number of imidazole rings is 1. The number of benzene rings is 1. The summed E-state index contributed by atoms with van der Waals surface area (Å²) in [6, 6.07) is 5.26. The number of nitrogens with one attached hydrogen (secondary N) is 2. The zero-order chi connectivity index (χ0) is 17.8. The lowest BCUT2D eigenvalue weighted by atomic mass is 10.3. The van der Waals surface area contributed by atoms with Gasteiger partial charge in [0.15, 0.2) is 16.7 Å². The Labute approximate surface area is 153 Å². The van der Waals surface area contributed by atoms with Crippen LogP contribution < -0.4 is 25.5 Å².